The van der Waals surface area contributed by atoms with E-state index < -0.39 is 0 Å². The smallest absolute Gasteiger partial charge is 0.272 e. The molecule has 2 aromatic rings. The molecule has 0 unspecified atom stereocenters. The summed E-state index contributed by atoms with van der Waals surface area (Å²) in [5.41, 5.74) is 1.42. The van der Waals surface area contributed by atoms with E-state index >= 15 is 0 Å². The monoisotopic (exact) mass is 327 g/mol. The van der Waals surface area contributed by atoms with E-state index in [1.54, 1.807) is 7.11 Å². The van der Waals surface area contributed by atoms with E-state index in [1.807, 2.05) is 41.3 Å². The molecule has 0 saturated carbocycles. The molecule has 1 fully saturated rings. The second-order valence-corrected chi connectivity index (χ2v) is 6.22. The Kier molecular flexibility index (Phi) is 5.77. The molecule has 1 amide bonds. The molecule has 5 heteroatoms. The fraction of sp³-hybridized carbons (Fsp3) is 0.474. The minimum Gasteiger partial charge on any atom is -0.385 e. The van der Waals surface area contributed by atoms with Crippen LogP contribution in [0.4, 0.5) is 0 Å². The Labute approximate surface area is 143 Å². The largest absolute Gasteiger partial charge is 0.385 e. The highest BCUT2D eigenvalue weighted by Gasteiger charge is 2.21. The Hall–Kier alpha value is -1.98. The molecule has 0 aliphatic carbocycles. The average Bonchev–Trinajstić information content (AvgIpc) is 2.87. The van der Waals surface area contributed by atoms with Crippen LogP contribution in [0.5, 0.6) is 0 Å². The van der Waals surface area contributed by atoms with Gasteiger partial charge in [-0.05, 0) is 31.5 Å². The molecule has 0 radical (unpaired) electrons. The van der Waals surface area contributed by atoms with Crippen molar-refractivity contribution >= 4 is 16.8 Å². The van der Waals surface area contributed by atoms with Gasteiger partial charge >= 0.3 is 0 Å². The first-order valence-corrected chi connectivity index (χ1v) is 8.64. The maximum atomic E-state index is 12.8. The van der Waals surface area contributed by atoms with Crippen molar-refractivity contribution in [3.8, 4) is 0 Å². The number of para-hydroxylation sites is 1. The number of carbonyl (C=O) groups excluding carboxylic acids is 1. The third-order valence-electron chi connectivity index (χ3n) is 4.52. The Balaban J connectivity index is 1.63. The van der Waals surface area contributed by atoms with Crippen LogP contribution in [0.15, 0.2) is 36.4 Å². The summed E-state index contributed by atoms with van der Waals surface area (Å²) >= 11 is 0. The van der Waals surface area contributed by atoms with Gasteiger partial charge in [0.1, 0.15) is 5.69 Å². The van der Waals surface area contributed by atoms with E-state index in [0.717, 1.165) is 63.1 Å². The van der Waals surface area contributed by atoms with Crippen LogP contribution in [0.3, 0.4) is 0 Å². The second-order valence-electron chi connectivity index (χ2n) is 6.22. The molecular weight excluding hydrogens is 302 g/mol. The van der Waals surface area contributed by atoms with Gasteiger partial charge in [0.25, 0.3) is 5.91 Å². The molecule has 128 valence electrons. The van der Waals surface area contributed by atoms with Gasteiger partial charge in [0, 0.05) is 45.3 Å². The van der Waals surface area contributed by atoms with Gasteiger partial charge in [-0.2, -0.15) is 0 Å². The van der Waals surface area contributed by atoms with Crippen LogP contribution in [0, 0.1) is 0 Å². The molecule has 5 nitrogen and oxygen atoms in total. The predicted molar refractivity (Wildman–Crippen MR) is 95.2 cm³/mol. The topological polar surface area (TPSA) is 45.7 Å². The molecule has 1 aromatic carbocycles. The van der Waals surface area contributed by atoms with Gasteiger partial charge in [0.15, 0.2) is 0 Å². The summed E-state index contributed by atoms with van der Waals surface area (Å²) in [7, 11) is 1.74. The van der Waals surface area contributed by atoms with Crippen molar-refractivity contribution in [2.24, 2.45) is 0 Å². The quantitative estimate of drug-likeness (QED) is 0.791. The van der Waals surface area contributed by atoms with Crippen LogP contribution in [0.25, 0.3) is 10.9 Å². The molecule has 24 heavy (non-hydrogen) atoms. The van der Waals surface area contributed by atoms with Gasteiger partial charge < -0.3 is 14.5 Å². The van der Waals surface area contributed by atoms with Crippen LogP contribution >= 0.6 is 0 Å². The first-order chi connectivity index (χ1) is 11.8. The van der Waals surface area contributed by atoms with E-state index in [1.165, 1.54) is 0 Å². The van der Waals surface area contributed by atoms with Crippen molar-refractivity contribution < 1.29 is 9.53 Å². The number of pyridine rings is 1. The molecule has 0 spiro atoms. The molecule has 0 bridgehead atoms. The fourth-order valence-corrected chi connectivity index (χ4v) is 3.18. The van der Waals surface area contributed by atoms with Gasteiger partial charge in [-0.3, -0.25) is 4.79 Å². The van der Waals surface area contributed by atoms with Crippen molar-refractivity contribution in [3.63, 3.8) is 0 Å². The number of rotatable bonds is 5. The van der Waals surface area contributed by atoms with Crippen LogP contribution in [-0.2, 0) is 4.74 Å². The summed E-state index contributed by atoms with van der Waals surface area (Å²) in [4.78, 5) is 21.7. The molecule has 0 N–H and O–H groups in total. The highest BCUT2D eigenvalue weighted by Crippen LogP contribution is 2.14. The maximum Gasteiger partial charge on any atom is 0.272 e. The summed E-state index contributed by atoms with van der Waals surface area (Å²) in [5.74, 6) is 0.0412. The highest BCUT2D eigenvalue weighted by molar-refractivity contribution is 5.94. The number of carbonyl (C=O) groups is 1. The standard InChI is InChI=1S/C19H25N3O2/c1-24-15-5-11-21-10-4-12-22(14-13-21)19(23)18-9-8-16-6-2-3-7-17(16)20-18/h2-3,6-9H,4-5,10-15H2,1H3. The molecule has 1 aliphatic rings. The number of hydrogen-bond donors (Lipinski definition) is 0. The van der Waals surface area contributed by atoms with Crippen molar-refractivity contribution in [2.45, 2.75) is 12.8 Å². The van der Waals surface area contributed by atoms with E-state index in [0.29, 0.717) is 5.69 Å². The fourth-order valence-electron chi connectivity index (χ4n) is 3.18. The van der Waals surface area contributed by atoms with Crippen LogP contribution in [0.2, 0.25) is 0 Å². The summed E-state index contributed by atoms with van der Waals surface area (Å²) in [6.07, 6.45) is 2.04. The SMILES string of the molecule is COCCCN1CCCN(C(=O)c2ccc3ccccc3n2)CC1. The number of benzene rings is 1. The van der Waals surface area contributed by atoms with Crippen LogP contribution in [-0.4, -0.2) is 67.1 Å². The number of ether oxygens (including phenoxy) is 1. The maximum absolute atomic E-state index is 12.8. The Bertz CT molecular complexity index is 689. The van der Waals surface area contributed by atoms with Gasteiger partial charge in [0.05, 0.1) is 5.52 Å². The molecule has 1 aliphatic heterocycles. The summed E-state index contributed by atoms with van der Waals surface area (Å²) < 4.78 is 5.12. The van der Waals surface area contributed by atoms with Crippen molar-refractivity contribution in [2.75, 3.05) is 46.4 Å². The molecule has 2 heterocycles. The van der Waals surface area contributed by atoms with Gasteiger partial charge in [-0.1, -0.05) is 24.3 Å². The molecule has 0 atom stereocenters. The number of fused-ring (bicyclic) bond motifs is 1. The normalized spacial score (nSPS) is 16.3. The Morgan fingerprint density at radius 2 is 2.00 bits per heavy atom. The number of amides is 1. The summed E-state index contributed by atoms with van der Waals surface area (Å²) in [6.45, 7) is 5.35. The second kappa shape index (κ2) is 8.22. The van der Waals surface area contributed by atoms with E-state index in [4.69, 9.17) is 4.74 Å². The zero-order valence-electron chi connectivity index (χ0n) is 14.3. The van der Waals surface area contributed by atoms with Crippen molar-refractivity contribution in [3.05, 3.63) is 42.1 Å². The van der Waals surface area contributed by atoms with Crippen LogP contribution in [0.1, 0.15) is 23.3 Å². The minimum atomic E-state index is 0.0412. The highest BCUT2D eigenvalue weighted by atomic mass is 16.5. The number of methoxy groups -OCH3 is 1. The number of hydrogen-bond acceptors (Lipinski definition) is 4. The Morgan fingerprint density at radius 3 is 2.88 bits per heavy atom. The zero-order valence-corrected chi connectivity index (χ0v) is 14.3. The lowest BCUT2D eigenvalue weighted by Gasteiger charge is -2.21. The number of nitrogens with zero attached hydrogens (tertiary/aromatic N) is 3. The third kappa shape index (κ3) is 4.10. The van der Waals surface area contributed by atoms with Gasteiger partial charge in [-0.15, -0.1) is 0 Å². The average molecular weight is 327 g/mol. The summed E-state index contributed by atoms with van der Waals surface area (Å²) in [6, 6.07) is 11.7. The van der Waals surface area contributed by atoms with E-state index in [2.05, 4.69) is 9.88 Å². The minimum absolute atomic E-state index is 0.0412. The van der Waals surface area contributed by atoms with E-state index in [-0.39, 0.29) is 5.91 Å². The van der Waals surface area contributed by atoms with E-state index in [9.17, 15) is 4.79 Å². The lowest BCUT2D eigenvalue weighted by molar-refractivity contribution is 0.0755. The summed E-state index contributed by atoms with van der Waals surface area (Å²) in [5, 5.41) is 1.06. The van der Waals surface area contributed by atoms with Gasteiger partial charge in [0.2, 0.25) is 0 Å². The zero-order chi connectivity index (χ0) is 16.8. The number of aromatic nitrogens is 1. The molecular formula is C19H25N3O2. The van der Waals surface area contributed by atoms with Crippen molar-refractivity contribution in [1.29, 1.82) is 0 Å². The predicted octanol–water partition coefficient (Wildman–Crippen LogP) is 2.42. The van der Waals surface area contributed by atoms with Gasteiger partial charge in [-0.25, -0.2) is 4.98 Å². The lowest BCUT2D eigenvalue weighted by atomic mass is 10.2. The Morgan fingerprint density at radius 1 is 1.12 bits per heavy atom. The first-order valence-electron chi connectivity index (χ1n) is 8.64. The lowest BCUT2D eigenvalue weighted by Crippen LogP contribution is -2.36. The molecule has 1 aromatic heterocycles. The first kappa shape index (κ1) is 16.9. The molecule has 1 saturated heterocycles. The van der Waals surface area contributed by atoms with Crippen molar-refractivity contribution in [1.82, 2.24) is 14.8 Å². The third-order valence-corrected chi connectivity index (χ3v) is 4.52. The molecule has 3 rings (SSSR count). The van der Waals surface area contributed by atoms with Crippen LogP contribution < -0.4 is 0 Å².